The van der Waals surface area contributed by atoms with E-state index in [-0.39, 0.29) is 19.0 Å². The maximum Gasteiger partial charge on any atom is 0.312 e. The van der Waals surface area contributed by atoms with Crippen LogP contribution in [0, 0.1) is 11.3 Å². The Morgan fingerprint density at radius 2 is 2.04 bits per heavy atom. The van der Waals surface area contributed by atoms with Crippen LogP contribution in [0.25, 0.3) is 0 Å². The van der Waals surface area contributed by atoms with Crippen LogP contribution in [0.3, 0.4) is 0 Å². The number of hydrogen-bond donors (Lipinski definition) is 1. The van der Waals surface area contributed by atoms with Gasteiger partial charge in [0.05, 0.1) is 18.2 Å². The number of sulfonamides is 1. The molecule has 144 valence electrons. The van der Waals surface area contributed by atoms with Crippen molar-refractivity contribution in [2.45, 2.75) is 38.1 Å². The molecule has 1 aromatic rings. The van der Waals surface area contributed by atoms with Gasteiger partial charge in [0, 0.05) is 38.0 Å². The summed E-state index contributed by atoms with van der Waals surface area (Å²) in [6.07, 6.45) is 5.67. The third-order valence-electron chi connectivity index (χ3n) is 6.10. The van der Waals surface area contributed by atoms with E-state index >= 15 is 0 Å². The molecule has 1 saturated carbocycles. The highest BCUT2D eigenvalue weighted by Gasteiger charge is 2.59. The van der Waals surface area contributed by atoms with Gasteiger partial charge in [-0.15, -0.1) is 0 Å². The Morgan fingerprint density at radius 3 is 2.65 bits per heavy atom. The summed E-state index contributed by atoms with van der Waals surface area (Å²) in [6.45, 7) is 1.53. The molecule has 0 amide bonds. The molecule has 9 nitrogen and oxygen atoms in total. The van der Waals surface area contributed by atoms with Crippen LogP contribution >= 0.6 is 0 Å². The van der Waals surface area contributed by atoms with Crippen LogP contribution in [0.15, 0.2) is 4.52 Å². The molecule has 10 heteroatoms. The Labute approximate surface area is 152 Å². The van der Waals surface area contributed by atoms with Gasteiger partial charge in [-0.3, -0.25) is 9.69 Å². The predicted octanol–water partition coefficient (Wildman–Crippen LogP) is 0.505. The van der Waals surface area contributed by atoms with Gasteiger partial charge in [-0.05, 0) is 12.8 Å². The van der Waals surface area contributed by atoms with Gasteiger partial charge < -0.3 is 9.63 Å². The number of carboxylic acid groups (broad SMARTS) is 1. The molecule has 0 bridgehead atoms. The van der Waals surface area contributed by atoms with E-state index in [9.17, 15) is 18.3 Å². The lowest BCUT2D eigenvalue weighted by atomic mass is 9.81. The fourth-order valence-corrected chi connectivity index (χ4v) is 5.58. The monoisotopic (exact) mass is 384 g/mol. The fourth-order valence-electron chi connectivity index (χ4n) is 4.67. The minimum Gasteiger partial charge on any atom is -0.481 e. The maximum atomic E-state index is 12.0. The zero-order chi connectivity index (χ0) is 18.5. The van der Waals surface area contributed by atoms with E-state index in [1.54, 1.807) is 0 Å². The first-order valence-electron chi connectivity index (χ1n) is 9.01. The molecule has 0 unspecified atom stereocenters. The average Bonchev–Trinajstić information content (AvgIpc) is 3.29. The third-order valence-corrected chi connectivity index (χ3v) is 7.31. The topological polar surface area (TPSA) is 117 Å². The van der Waals surface area contributed by atoms with E-state index in [0.29, 0.717) is 37.3 Å². The van der Waals surface area contributed by atoms with Crippen molar-refractivity contribution in [3.05, 3.63) is 11.7 Å². The molecule has 2 saturated heterocycles. The molecule has 1 aromatic heterocycles. The number of hydrogen-bond acceptors (Lipinski definition) is 7. The molecular formula is C16H24N4O5S. The van der Waals surface area contributed by atoms with Crippen molar-refractivity contribution < 1.29 is 22.8 Å². The van der Waals surface area contributed by atoms with Crippen LogP contribution in [0.2, 0.25) is 0 Å². The lowest BCUT2D eigenvalue weighted by Crippen LogP contribution is -2.41. The van der Waals surface area contributed by atoms with Crippen molar-refractivity contribution >= 4 is 16.0 Å². The van der Waals surface area contributed by atoms with Crippen molar-refractivity contribution in [1.29, 1.82) is 0 Å². The first kappa shape index (κ1) is 17.9. The van der Waals surface area contributed by atoms with Gasteiger partial charge in [-0.25, -0.2) is 12.7 Å². The van der Waals surface area contributed by atoms with Gasteiger partial charge in [0.2, 0.25) is 15.9 Å². The molecule has 3 aliphatic rings. The molecule has 4 rings (SSSR count). The smallest absolute Gasteiger partial charge is 0.312 e. The Kier molecular flexibility index (Phi) is 4.31. The Morgan fingerprint density at radius 1 is 1.31 bits per heavy atom. The number of fused-ring (bicyclic) bond motifs is 1. The van der Waals surface area contributed by atoms with Crippen LogP contribution in [-0.4, -0.2) is 71.3 Å². The van der Waals surface area contributed by atoms with E-state index in [4.69, 9.17) is 4.52 Å². The molecular weight excluding hydrogens is 360 g/mol. The summed E-state index contributed by atoms with van der Waals surface area (Å²) in [5.74, 6) is 0.454. The van der Waals surface area contributed by atoms with E-state index < -0.39 is 21.4 Å². The number of aromatic nitrogens is 2. The molecule has 1 aliphatic carbocycles. The second-order valence-corrected chi connectivity index (χ2v) is 9.90. The largest absolute Gasteiger partial charge is 0.481 e. The summed E-state index contributed by atoms with van der Waals surface area (Å²) < 4.78 is 30.3. The molecule has 0 aromatic carbocycles. The first-order valence-corrected chi connectivity index (χ1v) is 10.9. The standard InChI is InChI=1S/C16H24N4O5S/c1-26(23,24)20-7-12-6-19(9-16(12,10-20)15(21)22)8-13-17-14(25-18-13)11-4-2-3-5-11/h11-12H,2-10H2,1H3,(H,21,22)/t12-,16-/m1/s1. The minimum atomic E-state index is -3.39. The van der Waals surface area contributed by atoms with E-state index in [1.807, 2.05) is 4.90 Å². The van der Waals surface area contributed by atoms with Crippen LogP contribution in [0.4, 0.5) is 0 Å². The summed E-state index contributed by atoms with van der Waals surface area (Å²) >= 11 is 0. The quantitative estimate of drug-likeness (QED) is 0.780. The molecule has 26 heavy (non-hydrogen) atoms. The highest BCUT2D eigenvalue weighted by Crippen LogP contribution is 2.44. The Hall–Kier alpha value is -1.52. The molecule has 3 heterocycles. The number of carbonyl (C=O) groups is 1. The van der Waals surface area contributed by atoms with Crippen LogP contribution in [0.5, 0.6) is 0 Å². The lowest BCUT2D eigenvalue weighted by molar-refractivity contribution is -0.148. The van der Waals surface area contributed by atoms with Crippen molar-refractivity contribution in [1.82, 2.24) is 19.3 Å². The van der Waals surface area contributed by atoms with E-state index in [1.165, 1.54) is 17.1 Å². The van der Waals surface area contributed by atoms with Crippen LogP contribution in [-0.2, 0) is 21.4 Å². The first-order chi connectivity index (χ1) is 12.3. The molecule has 2 aliphatic heterocycles. The fraction of sp³-hybridized carbons (Fsp3) is 0.812. The van der Waals surface area contributed by atoms with Gasteiger partial charge in [0.15, 0.2) is 5.82 Å². The number of nitrogens with zero attached hydrogens (tertiary/aromatic N) is 4. The summed E-state index contributed by atoms with van der Waals surface area (Å²) in [7, 11) is -3.39. The van der Waals surface area contributed by atoms with Gasteiger partial charge in [0.25, 0.3) is 0 Å². The minimum absolute atomic E-state index is 0.0297. The van der Waals surface area contributed by atoms with Crippen molar-refractivity contribution in [2.24, 2.45) is 11.3 Å². The summed E-state index contributed by atoms with van der Waals surface area (Å²) in [4.78, 5) is 18.5. The number of rotatable bonds is 5. The number of aliphatic carboxylic acids is 1. The van der Waals surface area contributed by atoms with Crippen molar-refractivity contribution in [3.8, 4) is 0 Å². The van der Waals surface area contributed by atoms with Gasteiger partial charge >= 0.3 is 5.97 Å². The third kappa shape index (κ3) is 3.03. The zero-order valence-corrected chi connectivity index (χ0v) is 15.6. The summed E-state index contributed by atoms with van der Waals surface area (Å²) in [5, 5.41) is 13.8. The highest BCUT2D eigenvalue weighted by atomic mass is 32.2. The molecule has 3 fully saturated rings. The second kappa shape index (κ2) is 6.28. The highest BCUT2D eigenvalue weighted by molar-refractivity contribution is 7.88. The zero-order valence-electron chi connectivity index (χ0n) is 14.8. The maximum absolute atomic E-state index is 12.0. The second-order valence-electron chi connectivity index (χ2n) is 7.91. The van der Waals surface area contributed by atoms with Gasteiger partial charge in [-0.2, -0.15) is 4.98 Å². The normalized spacial score (nSPS) is 30.9. The van der Waals surface area contributed by atoms with Crippen LogP contribution < -0.4 is 0 Å². The Balaban J connectivity index is 1.45. The molecule has 0 spiro atoms. The molecule has 1 N–H and O–H groups in total. The summed E-state index contributed by atoms with van der Waals surface area (Å²) in [6, 6.07) is 0. The van der Waals surface area contributed by atoms with E-state index in [0.717, 1.165) is 19.1 Å². The Bertz CT molecular complexity index is 803. The van der Waals surface area contributed by atoms with Crippen molar-refractivity contribution in [2.75, 3.05) is 32.4 Å². The van der Waals surface area contributed by atoms with Gasteiger partial charge in [0.1, 0.15) is 0 Å². The van der Waals surface area contributed by atoms with E-state index in [2.05, 4.69) is 10.1 Å². The van der Waals surface area contributed by atoms with Gasteiger partial charge in [-0.1, -0.05) is 18.0 Å². The lowest BCUT2D eigenvalue weighted by Gasteiger charge is -2.24. The molecule has 2 atom stereocenters. The SMILES string of the molecule is CS(=O)(=O)N1C[C@H]2CN(Cc3noc(C4CCCC4)n3)C[C@@]2(C(=O)O)C1. The van der Waals surface area contributed by atoms with Crippen molar-refractivity contribution in [3.63, 3.8) is 0 Å². The van der Waals surface area contributed by atoms with Crippen LogP contribution in [0.1, 0.15) is 43.3 Å². The molecule has 0 radical (unpaired) electrons. The number of carboxylic acids is 1. The average molecular weight is 384 g/mol. The number of likely N-dealkylation sites (tertiary alicyclic amines) is 1. The summed E-state index contributed by atoms with van der Waals surface area (Å²) in [5.41, 5.74) is -1.05. The predicted molar refractivity (Wildman–Crippen MR) is 90.8 cm³/mol.